The van der Waals surface area contributed by atoms with E-state index in [1.807, 2.05) is 11.8 Å². The third-order valence-corrected chi connectivity index (χ3v) is 5.41. The first-order valence-corrected chi connectivity index (χ1v) is 9.44. The Morgan fingerprint density at radius 2 is 1.88 bits per heavy atom. The number of amides is 2. The number of halogens is 1. The second-order valence-electron chi connectivity index (χ2n) is 7.18. The summed E-state index contributed by atoms with van der Waals surface area (Å²) in [6.45, 7) is 3.90. The third kappa shape index (κ3) is 5.92. The van der Waals surface area contributed by atoms with Crippen molar-refractivity contribution in [2.75, 3.05) is 19.6 Å². The first-order valence-electron chi connectivity index (χ1n) is 9.44. The van der Waals surface area contributed by atoms with Gasteiger partial charge in [-0.1, -0.05) is 26.2 Å². The van der Waals surface area contributed by atoms with Crippen LogP contribution in [0.2, 0.25) is 0 Å². The van der Waals surface area contributed by atoms with Crippen molar-refractivity contribution in [3.05, 3.63) is 0 Å². The number of carbonyl (C=O) groups excluding carboxylic acids is 2. The van der Waals surface area contributed by atoms with Crippen molar-refractivity contribution < 1.29 is 9.59 Å². The van der Waals surface area contributed by atoms with Gasteiger partial charge in [0.2, 0.25) is 11.8 Å². The Kier molecular flexibility index (Phi) is 9.67. The maximum atomic E-state index is 12.6. The first-order chi connectivity index (χ1) is 11.2. The van der Waals surface area contributed by atoms with Gasteiger partial charge in [-0.25, -0.2) is 0 Å². The van der Waals surface area contributed by atoms with E-state index >= 15 is 0 Å². The molecular weight excluding hydrogens is 326 g/mol. The summed E-state index contributed by atoms with van der Waals surface area (Å²) in [5.74, 6) is 0.744. The molecule has 1 aliphatic carbocycles. The quantitative estimate of drug-likeness (QED) is 0.764. The zero-order valence-electron chi connectivity index (χ0n) is 15.0. The van der Waals surface area contributed by atoms with Crippen LogP contribution in [0.3, 0.4) is 0 Å². The zero-order chi connectivity index (χ0) is 16.7. The predicted molar refractivity (Wildman–Crippen MR) is 99.0 cm³/mol. The van der Waals surface area contributed by atoms with Crippen LogP contribution >= 0.6 is 12.4 Å². The largest absolute Gasteiger partial charge is 0.352 e. The fourth-order valence-electron chi connectivity index (χ4n) is 4.00. The number of hydrogen-bond donors (Lipinski definition) is 2. The first kappa shape index (κ1) is 21.2. The van der Waals surface area contributed by atoms with Gasteiger partial charge in [0.15, 0.2) is 0 Å². The van der Waals surface area contributed by atoms with Gasteiger partial charge < -0.3 is 16.0 Å². The van der Waals surface area contributed by atoms with E-state index in [0.29, 0.717) is 25.4 Å². The number of piperidine rings is 1. The Hall–Kier alpha value is -0.810. The summed E-state index contributed by atoms with van der Waals surface area (Å²) in [6.07, 6.45) is 9.40. The van der Waals surface area contributed by atoms with Crippen molar-refractivity contribution in [2.45, 2.75) is 70.8 Å². The molecular formula is C18H34ClN3O2. The smallest absolute Gasteiger partial charge is 0.225 e. The summed E-state index contributed by atoms with van der Waals surface area (Å²) in [6, 6.07) is 0.101. The molecule has 2 aliphatic rings. The Morgan fingerprint density at radius 3 is 2.50 bits per heavy atom. The van der Waals surface area contributed by atoms with Crippen molar-refractivity contribution in [1.29, 1.82) is 0 Å². The molecule has 1 saturated heterocycles. The molecule has 0 radical (unpaired) electrons. The molecule has 0 spiro atoms. The normalized spacial score (nSPS) is 23.2. The zero-order valence-corrected chi connectivity index (χ0v) is 15.8. The number of nitrogens with one attached hydrogen (secondary N) is 1. The van der Waals surface area contributed by atoms with Gasteiger partial charge in [0, 0.05) is 32.1 Å². The van der Waals surface area contributed by atoms with Gasteiger partial charge in [-0.2, -0.15) is 0 Å². The number of hydrogen-bond acceptors (Lipinski definition) is 3. The fraction of sp³-hybridized carbons (Fsp3) is 0.889. The van der Waals surface area contributed by atoms with Crippen molar-refractivity contribution in [2.24, 2.45) is 17.6 Å². The van der Waals surface area contributed by atoms with Gasteiger partial charge in [0.1, 0.15) is 0 Å². The van der Waals surface area contributed by atoms with Gasteiger partial charge in [-0.05, 0) is 38.0 Å². The number of nitrogens with two attached hydrogens (primary N) is 1. The third-order valence-electron chi connectivity index (χ3n) is 5.41. The molecule has 5 nitrogen and oxygen atoms in total. The average Bonchev–Trinajstić information content (AvgIpc) is 2.60. The van der Waals surface area contributed by atoms with Crippen molar-refractivity contribution in [3.8, 4) is 0 Å². The molecule has 3 N–H and O–H groups in total. The minimum atomic E-state index is -0.0674. The SMILES string of the molecule is CCCC(=O)N1CCCC(C(=O)NC(CN)C2CCCCC2)C1.Cl. The molecule has 2 atom stereocenters. The van der Waals surface area contributed by atoms with E-state index in [9.17, 15) is 9.59 Å². The summed E-state index contributed by atoms with van der Waals surface area (Å²) in [5, 5.41) is 3.20. The highest BCUT2D eigenvalue weighted by molar-refractivity contribution is 5.85. The minimum Gasteiger partial charge on any atom is -0.352 e. The second kappa shape index (κ2) is 10.9. The molecule has 2 fully saturated rings. The second-order valence-corrected chi connectivity index (χ2v) is 7.18. The maximum Gasteiger partial charge on any atom is 0.225 e. The molecule has 0 bridgehead atoms. The van der Waals surface area contributed by atoms with Crippen LogP contribution in [0.25, 0.3) is 0 Å². The molecule has 1 saturated carbocycles. The van der Waals surface area contributed by atoms with Crippen LogP contribution in [0.4, 0.5) is 0 Å². The molecule has 6 heteroatoms. The van der Waals surface area contributed by atoms with Crippen LogP contribution in [0.1, 0.15) is 64.7 Å². The van der Waals surface area contributed by atoms with Crippen molar-refractivity contribution in [1.82, 2.24) is 10.2 Å². The average molecular weight is 360 g/mol. The maximum absolute atomic E-state index is 12.6. The highest BCUT2D eigenvalue weighted by Gasteiger charge is 2.31. The Balaban J connectivity index is 0.00000288. The number of likely N-dealkylation sites (tertiary alicyclic amines) is 1. The van der Waals surface area contributed by atoms with Gasteiger partial charge in [-0.3, -0.25) is 9.59 Å². The van der Waals surface area contributed by atoms with Crippen LogP contribution < -0.4 is 11.1 Å². The lowest BCUT2D eigenvalue weighted by molar-refractivity contribution is -0.136. The lowest BCUT2D eigenvalue weighted by Gasteiger charge is -2.35. The van der Waals surface area contributed by atoms with Crippen LogP contribution in [0, 0.1) is 11.8 Å². The van der Waals surface area contributed by atoms with E-state index in [1.54, 1.807) is 0 Å². The van der Waals surface area contributed by atoms with E-state index in [-0.39, 0.29) is 36.2 Å². The molecule has 0 aromatic heterocycles. The summed E-state index contributed by atoms with van der Waals surface area (Å²) in [5.41, 5.74) is 5.92. The molecule has 0 aromatic rings. The Morgan fingerprint density at radius 1 is 1.17 bits per heavy atom. The monoisotopic (exact) mass is 359 g/mol. The molecule has 2 rings (SSSR count). The lowest BCUT2D eigenvalue weighted by Crippen LogP contribution is -2.51. The number of carbonyl (C=O) groups is 2. The van der Waals surface area contributed by atoms with Crippen LogP contribution in [-0.2, 0) is 9.59 Å². The van der Waals surface area contributed by atoms with Crippen LogP contribution in [-0.4, -0.2) is 42.4 Å². The molecule has 1 aliphatic heterocycles. The van der Waals surface area contributed by atoms with Gasteiger partial charge in [0.25, 0.3) is 0 Å². The highest BCUT2D eigenvalue weighted by atomic mass is 35.5. The Labute approximate surface area is 152 Å². The van der Waals surface area contributed by atoms with E-state index in [1.165, 1.54) is 32.1 Å². The summed E-state index contributed by atoms with van der Waals surface area (Å²) in [4.78, 5) is 26.6. The van der Waals surface area contributed by atoms with Crippen LogP contribution in [0.15, 0.2) is 0 Å². The summed E-state index contributed by atoms with van der Waals surface area (Å²) >= 11 is 0. The van der Waals surface area contributed by atoms with E-state index in [4.69, 9.17) is 5.73 Å². The number of nitrogens with zero attached hydrogens (tertiary/aromatic N) is 1. The topological polar surface area (TPSA) is 75.4 Å². The van der Waals surface area contributed by atoms with Crippen molar-refractivity contribution >= 4 is 24.2 Å². The summed E-state index contributed by atoms with van der Waals surface area (Å²) in [7, 11) is 0. The standard InChI is InChI=1S/C18H33N3O2.ClH/c1-2-7-17(22)21-11-6-10-15(13-21)18(23)20-16(12-19)14-8-4-3-5-9-14;/h14-16H,2-13,19H2,1H3,(H,20,23);1H. The highest BCUT2D eigenvalue weighted by Crippen LogP contribution is 2.27. The minimum absolute atomic E-state index is 0. The molecule has 140 valence electrons. The van der Waals surface area contributed by atoms with E-state index in [2.05, 4.69) is 5.32 Å². The van der Waals surface area contributed by atoms with Gasteiger partial charge in [0.05, 0.1) is 5.92 Å². The Bertz CT molecular complexity index is 400. The fourth-order valence-corrected chi connectivity index (χ4v) is 4.00. The van der Waals surface area contributed by atoms with Gasteiger partial charge >= 0.3 is 0 Å². The van der Waals surface area contributed by atoms with Gasteiger partial charge in [-0.15, -0.1) is 12.4 Å². The molecule has 2 amide bonds. The van der Waals surface area contributed by atoms with E-state index in [0.717, 1.165) is 25.8 Å². The lowest BCUT2D eigenvalue weighted by atomic mass is 9.83. The molecule has 2 unspecified atom stereocenters. The molecule has 1 heterocycles. The molecule has 0 aromatic carbocycles. The molecule has 24 heavy (non-hydrogen) atoms. The number of rotatable bonds is 6. The predicted octanol–water partition coefficient (Wildman–Crippen LogP) is 2.47. The van der Waals surface area contributed by atoms with E-state index < -0.39 is 0 Å². The van der Waals surface area contributed by atoms with Crippen LogP contribution in [0.5, 0.6) is 0 Å². The summed E-state index contributed by atoms with van der Waals surface area (Å²) < 4.78 is 0. The van der Waals surface area contributed by atoms with Crippen molar-refractivity contribution in [3.63, 3.8) is 0 Å².